The maximum atomic E-state index is 12.7. The van der Waals surface area contributed by atoms with Gasteiger partial charge in [0.15, 0.2) is 0 Å². The molecule has 1 N–H and O–H groups in total. The largest absolute Gasteiger partial charge is 0.396 e. The molecule has 5 nitrogen and oxygen atoms in total. The van der Waals surface area contributed by atoms with E-state index in [1.54, 1.807) is 8.61 Å². The summed E-state index contributed by atoms with van der Waals surface area (Å²) >= 11 is 0. The van der Waals surface area contributed by atoms with Crippen molar-refractivity contribution in [3.8, 4) is 0 Å². The van der Waals surface area contributed by atoms with Gasteiger partial charge in [0.1, 0.15) is 0 Å². The lowest BCUT2D eigenvalue weighted by molar-refractivity contribution is 0.165. The predicted octanol–water partition coefficient (Wildman–Crippen LogP) is 0.810. The second-order valence-corrected chi connectivity index (χ2v) is 8.16. The monoisotopic (exact) mass is 288 g/mol. The molecule has 1 aliphatic heterocycles. The summed E-state index contributed by atoms with van der Waals surface area (Å²) in [5, 5.41) is 9.14. The van der Waals surface area contributed by atoms with Gasteiger partial charge in [-0.1, -0.05) is 0 Å². The van der Waals surface area contributed by atoms with Crippen LogP contribution in [0.5, 0.6) is 0 Å². The first kappa shape index (κ1) is 13.8. The Hall–Kier alpha value is -0.170. The summed E-state index contributed by atoms with van der Waals surface area (Å²) in [5.74, 6) is 0.884. The number of piperidine rings is 1. The first-order chi connectivity index (χ1) is 9.11. The molecule has 3 fully saturated rings. The van der Waals surface area contributed by atoms with Crippen LogP contribution in [0.2, 0.25) is 0 Å². The summed E-state index contributed by atoms with van der Waals surface area (Å²) in [6.07, 6.45) is 6.00. The van der Waals surface area contributed by atoms with Gasteiger partial charge < -0.3 is 5.11 Å². The molecule has 0 unspecified atom stereocenters. The Bertz CT molecular complexity index is 410. The molecule has 6 heteroatoms. The summed E-state index contributed by atoms with van der Waals surface area (Å²) in [5.41, 5.74) is 0. The Balaban J connectivity index is 1.66. The Morgan fingerprint density at radius 2 is 1.63 bits per heavy atom. The number of rotatable bonds is 6. The molecule has 0 amide bonds. The number of hydrogen-bond donors (Lipinski definition) is 1. The van der Waals surface area contributed by atoms with Crippen LogP contribution >= 0.6 is 0 Å². The van der Waals surface area contributed by atoms with Crippen molar-refractivity contribution in [3.05, 3.63) is 0 Å². The molecule has 0 spiro atoms. The van der Waals surface area contributed by atoms with E-state index in [1.807, 2.05) is 0 Å². The van der Waals surface area contributed by atoms with Crippen LogP contribution in [0.4, 0.5) is 0 Å². The Morgan fingerprint density at radius 1 is 1.00 bits per heavy atom. The Labute approximate surface area is 115 Å². The average molecular weight is 288 g/mol. The summed E-state index contributed by atoms with van der Waals surface area (Å²) in [6, 6.07) is 0.265. The highest BCUT2D eigenvalue weighted by Gasteiger charge is 2.43. The van der Waals surface area contributed by atoms with E-state index in [0.717, 1.165) is 32.2 Å². The van der Waals surface area contributed by atoms with Crippen molar-refractivity contribution in [2.24, 2.45) is 11.8 Å². The van der Waals surface area contributed by atoms with Gasteiger partial charge in [0.05, 0.1) is 0 Å². The highest BCUT2D eigenvalue weighted by Crippen LogP contribution is 2.37. The van der Waals surface area contributed by atoms with Crippen molar-refractivity contribution >= 4 is 10.2 Å². The highest BCUT2D eigenvalue weighted by molar-refractivity contribution is 7.86. The molecule has 0 aromatic heterocycles. The number of aliphatic hydroxyl groups excluding tert-OH is 1. The van der Waals surface area contributed by atoms with Crippen molar-refractivity contribution in [1.82, 2.24) is 8.61 Å². The molecule has 0 radical (unpaired) electrons. The quantitative estimate of drug-likeness (QED) is 0.787. The Kier molecular flexibility index (Phi) is 3.86. The van der Waals surface area contributed by atoms with Gasteiger partial charge in [-0.05, 0) is 50.4 Å². The van der Waals surface area contributed by atoms with Crippen LogP contribution in [0.15, 0.2) is 0 Å². The molecule has 19 heavy (non-hydrogen) atoms. The van der Waals surface area contributed by atoms with Crippen LogP contribution < -0.4 is 0 Å². The highest BCUT2D eigenvalue weighted by atomic mass is 32.2. The maximum absolute atomic E-state index is 12.7. The fraction of sp³-hybridized carbons (Fsp3) is 1.00. The fourth-order valence-corrected chi connectivity index (χ4v) is 4.78. The van der Waals surface area contributed by atoms with Crippen LogP contribution in [0.25, 0.3) is 0 Å². The van der Waals surface area contributed by atoms with Crippen LogP contribution in [0, 0.1) is 11.8 Å². The van der Waals surface area contributed by atoms with E-state index in [2.05, 4.69) is 0 Å². The lowest BCUT2D eigenvalue weighted by Crippen LogP contribution is -2.48. The smallest absolute Gasteiger partial charge is 0.282 e. The van der Waals surface area contributed by atoms with Gasteiger partial charge in [0.25, 0.3) is 10.2 Å². The van der Waals surface area contributed by atoms with Crippen molar-refractivity contribution < 1.29 is 13.5 Å². The van der Waals surface area contributed by atoms with Gasteiger partial charge in [-0.25, -0.2) is 0 Å². The van der Waals surface area contributed by atoms with Gasteiger partial charge in [0.2, 0.25) is 0 Å². The molecule has 0 aromatic rings. The van der Waals surface area contributed by atoms with Gasteiger partial charge >= 0.3 is 0 Å². The molecule has 0 aromatic carbocycles. The summed E-state index contributed by atoms with van der Waals surface area (Å²) in [6.45, 7) is 2.05. The zero-order valence-corrected chi connectivity index (χ0v) is 12.2. The van der Waals surface area contributed by atoms with Gasteiger partial charge in [-0.3, -0.25) is 0 Å². The normalized spacial score (nSPS) is 27.1. The summed E-state index contributed by atoms with van der Waals surface area (Å²) in [4.78, 5) is 0. The lowest BCUT2D eigenvalue weighted by Gasteiger charge is -2.34. The van der Waals surface area contributed by atoms with E-state index in [4.69, 9.17) is 5.11 Å². The molecule has 1 heterocycles. The predicted molar refractivity (Wildman–Crippen MR) is 72.8 cm³/mol. The third-order valence-electron chi connectivity index (χ3n) is 4.54. The minimum Gasteiger partial charge on any atom is -0.396 e. The molecule has 3 rings (SSSR count). The summed E-state index contributed by atoms with van der Waals surface area (Å²) in [7, 11) is -3.26. The summed E-state index contributed by atoms with van der Waals surface area (Å²) < 4.78 is 28.8. The van der Waals surface area contributed by atoms with Crippen LogP contribution in [0.3, 0.4) is 0 Å². The standard InChI is InChI=1S/C13H24N2O3S/c16-10-12-5-7-14(8-6-12)19(17,18)15(13-3-4-13)9-11-1-2-11/h11-13,16H,1-10H2. The zero-order chi connectivity index (χ0) is 13.5. The van der Waals surface area contributed by atoms with Crippen LogP contribution in [-0.4, -0.2) is 54.4 Å². The first-order valence-corrected chi connectivity index (χ1v) is 8.88. The molecule has 1 saturated heterocycles. The van der Waals surface area contributed by atoms with E-state index in [1.165, 1.54) is 12.8 Å². The second-order valence-electron chi connectivity index (χ2n) is 6.28. The molecule has 0 bridgehead atoms. The van der Waals surface area contributed by atoms with Gasteiger partial charge in [0, 0.05) is 32.3 Å². The zero-order valence-electron chi connectivity index (χ0n) is 11.4. The van der Waals surface area contributed by atoms with Gasteiger partial charge in [-0.2, -0.15) is 17.0 Å². The van der Waals surface area contributed by atoms with Gasteiger partial charge in [-0.15, -0.1) is 0 Å². The number of aliphatic hydroxyl groups is 1. The average Bonchev–Trinajstić information content (AvgIpc) is 3.28. The first-order valence-electron chi connectivity index (χ1n) is 7.49. The molecule has 3 aliphatic rings. The van der Waals surface area contributed by atoms with Crippen LogP contribution in [-0.2, 0) is 10.2 Å². The second kappa shape index (κ2) is 5.31. The molecular weight excluding hydrogens is 264 g/mol. The molecule has 2 saturated carbocycles. The number of nitrogens with zero attached hydrogens (tertiary/aromatic N) is 2. The molecule has 0 atom stereocenters. The number of hydrogen-bond acceptors (Lipinski definition) is 3. The Morgan fingerprint density at radius 3 is 2.11 bits per heavy atom. The van der Waals surface area contributed by atoms with Crippen molar-refractivity contribution in [3.63, 3.8) is 0 Å². The minimum atomic E-state index is -3.26. The maximum Gasteiger partial charge on any atom is 0.282 e. The van der Waals surface area contributed by atoms with E-state index in [0.29, 0.717) is 19.0 Å². The van der Waals surface area contributed by atoms with E-state index >= 15 is 0 Å². The van der Waals surface area contributed by atoms with Crippen LogP contribution in [0.1, 0.15) is 38.5 Å². The lowest BCUT2D eigenvalue weighted by atomic mass is 10.00. The SMILES string of the molecule is O=S(=O)(N1CCC(CO)CC1)N(CC1CC1)C1CC1. The van der Waals surface area contributed by atoms with E-state index in [-0.39, 0.29) is 18.6 Å². The molecule has 2 aliphatic carbocycles. The van der Waals surface area contributed by atoms with E-state index in [9.17, 15) is 8.42 Å². The van der Waals surface area contributed by atoms with Crippen molar-refractivity contribution in [2.45, 2.75) is 44.6 Å². The van der Waals surface area contributed by atoms with Crippen molar-refractivity contribution in [1.29, 1.82) is 0 Å². The third-order valence-corrected chi connectivity index (χ3v) is 6.60. The van der Waals surface area contributed by atoms with Crippen molar-refractivity contribution in [2.75, 3.05) is 26.2 Å². The minimum absolute atomic E-state index is 0.183. The third kappa shape index (κ3) is 3.12. The fourth-order valence-electron chi connectivity index (χ4n) is 2.82. The topological polar surface area (TPSA) is 60.9 Å². The molecular formula is C13H24N2O3S. The molecule has 110 valence electrons. The van der Waals surface area contributed by atoms with E-state index < -0.39 is 10.2 Å².